The normalized spacial score (nSPS) is 10.8. The number of aryl methyl sites for hydroxylation is 1. The number of rotatable bonds is 6. The van der Waals surface area contributed by atoms with Crippen molar-refractivity contribution < 1.29 is 9.21 Å². The van der Waals surface area contributed by atoms with Gasteiger partial charge in [-0.05, 0) is 36.8 Å². The number of aromatic amines is 1. The minimum atomic E-state index is -0.0775. The highest BCUT2D eigenvalue weighted by molar-refractivity contribution is 5.93. The van der Waals surface area contributed by atoms with Gasteiger partial charge in [0.2, 0.25) is 0 Å². The zero-order valence-corrected chi connectivity index (χ0v) is 13.7. The van der Waals surface area contributed by atoms with Crippen LogP contribution in [0.2, 0.25) is 0 Å². The quantitative estimate of drug-likeness (QED) is 0.651. The molecule has 0 unspecified atom stereocenters. The van der Waals surface area contributed by atoms with E-state index < -0.39 is 0 Å². The second-order valence-corrected chi connectivity index (χ2v) is 5.56. The Hall–Kier alpha value is -2.86. The first-order valence-corrected chi connectivity index (χ1v) is 7.78. The van der Waals surface area contributed by atoms with E-state index in [1.54, 1.807) is 13.2 Å². The lowest BCUT2D eigenvalue weighted by atomic mass is 10.1. The molecule has 1 amide bonds. The highest BCUT2D eigenvalue weighted by Gasteiger charge is 2.10. The first kappa shape index (κ1) is 16.0. The zero-order chi connectivity index (χ0) is 16.9. The van der Waals surface area contributed by atoms with Crippen molar-refractivity contribution in [3.63, 3.8) is 0 Å². The molecule has 0 fully saturated rings. The Labute approximate surface area is 140 Å². The molecule has 0 aliphatic carbocycles. The average Bonchev–Trinajstić information content (AvgIpc) is 3.23. The third-order valence-electron chi connectivity index (χ3n) is 3.79. The van der Waals surface area contributed by atoms with Gasteiger partial charge in [0, 0.05) is 31.3 Å². The Morgan fingerprint density at radius 3 is 2.62 bits per heavy atom. The van der Waals surface area contributed by atoms with Gasteiger partial charge in [0.15, 0.2) is 5.76 Å². The van der Waals surface area contributed by atoms with Gasteiger partial charge >= 0.3 is 0 Å². The Kier molecular flexibility index (Phi) is 4.77. The third kappa shape index (κ3) is 3.55. The van der Waals surface area contributed by atoms with E-state index in [0.717, 1.165) is 28.3 Å². The number of H-pyrrole nitrogens is 1. The molecule has 1 aromatic carbocycles. The van der Waals surface area contributed by atoms with Crippen LogP contribution >= 0.6 is 0 Å². The molecule has 0 bridgehead atoms. The lowest BCUT2D eigenvalue weighted by Crippen LogP contribution is -2.18. The number of aromatic nitrogens is 2. The van der Waals surface area contributed by atoms with Gasteiger partial charge in [0.25, 0.3) is 5.91 Å². The van der Waals surface area contributed by atoms with Crippen molar-refractivity contribution >= 4 is 5.91 Å². The van der Waals surface area contributed by atoms with Crippen LogP contribution in [0.4, 0.5) is 0 Å². The van der Waals surface area contributed by atoms with Crippen LogP contribution < -0.4 is 10.6 Å². The van der Waals surface area contributed by atoms with Crippen LogP contribution in [0.15, 0.2) is 47.0 Å². The van der Waals surface area contributed by atoms with Crippen LogP contribution in [0.25, 0.3) is 11.5 Å². The summed E-state index contributed by atoms with van der Waals surface area (Å²) in [5.41, 5.74) is 3.71. The van der Waals surface area contributed by atoms with Crippen molar-refractivity contribution in [2.24, 2.45) is 0 Å². The molecular weight excluding hydrogens is 304 g/mol. The number of nitrogens with zero attached hydrogens (tertiary/aromatic N) is 1. The Morgan fingerprint density at radius 2 is 1.96 bits per heavy atom. The maximum Gasteiger partial charge on any atom is 0.251 e. The van der Waals surface area contributed by atoms with Crippen molar-refractivity contribution in [3.05, 3.63) is 65.0 Å². The van der Waals surface area contributed by atoms with Crippen LogP contribution in [0.1, 0.15) is 27.2 Å². The van der Waals surface area contributed by atoms with Crippen molar-refractivity contribution in [2.75, 3.05) is 7.05 Å². The fraction of sp³-hybridized carbons (Fsp3) is 0.222. The number of benzene rings is 1. The molecule has 2 aromatic heterocycles. The largest absolute Gasteiger partial charge is 0.460 e. The highest BCUT2D eigenvalue weighted by atomic mass is 16.3. The topological polar surface area (TPSA) is 83.0 Å². The minimum Gasteiger partial charge on any atom is -0.460 e. The van der Waals surface area contributed by atoms with Gasteiger partial charge < -0.3 is 15.1 Å². The van der Waals surface area contributed by atoms with Crippen LogP contribution in [0.3, 0.4) is 0 Å². The first-order chi connectivity index (χ1) is 11.7. The lowest BCUT2D eigenvalue weighted by Gasteiger charge is -2.06. The summed E-state index contributed by atoms with van der Waals surface area (Å²) in [4.78, 5) is 11.5. The SMILES string of the molecule is CNC(=O)c1ccc(CNCc2cn[nH]c2-c2ccc(C)o2)cc1. The Bertz CT molecular complexity index is 818. The summed E-state index contributed by atoms with van der Waals surface area (Å²) in [6.07, 6.45) is 1.80. The summed E-state index contributed by atoms with van der Waals surface area (Å²) < 4.78 is 5.64. The molecule has 6 nitrogen and oxygen atoms in total. The van der Waals surface area contributed by atoms with E-state index in [9.17, 15) is 4.79 Å². The van der Waals surface area contributed by atoms with Gasteiger partial charge in [-0.25, -0.2) is 0 Å². The van der Waals surface area contributed by atoms with Crippen LogP contribution in [-0.2, 0) is 13.1 Å². The van der Waals surface area contributed by atoms with Crippen molar-refractivity contribution in [1.29, 1.82) is 0 Å². The third-order valence-corrected chi connectivity index (χ3v) is 3.79. The van der Waals surface area contributed by atoms with Gasteiger partial charge in [0.05, 0.1) is 6.20 Å². The molecule has 0 aliphatic heterocycles. The lowest BCUT2D eigenvalue weighted by molar-refractivity contribution is 0.0963. The van der Waals surface area contributed by atoms with Crippen molar-refractivity contribution in [2.45, 2.75) is 20.0 Å². The molecule has 2 heterocycles. The van der Waals surface area contributed by atoms with E-state index in [2.05, 4.69) is 20.8 Å². The molecule has 124 valence electrons. The predicted octanol–water partition coefficient (Wildman–Crippen LogP) is 2.63. The smallest absolute Gasteiger partial charge is 0.251 e. The van der Waals surface area contributed by atoms with E-state index in [1.807, 2.05) is 43.3 Å². The number of carbonyl (C=O) groups excluding carboxylic acids is 1. The summed E-state index contributed by atoms with van der Waals surface area (Å²) in [6.45, 7) is 3.29. The molecule has 0 saturated heterocycles. The van der Waals surface area contributed by atoms with E-state index >= 15 is 0 Å². The number of carbonyl (C=O) groups is 1. The maximum absolute atomic E-state index is 11.5. The summed E-state index contributed by atoms with van der Waals surface area (Å²) in [6, 6.07) is 11.4. The Morgan fingerprint density at radius 1 is 1.17 bits per heavy atom. The fourth-order valence-corrected chi connectivity index (χ4v) is 2.49. The number of hydrogen-bond donors (Lipinski definition) is 3. The average molecular weight is 324 g/mol. The van der Waals surface area contributed by atoms with Gasteiger partial charge in [0.1, 0.15) is 11.5 Å². The molecule has 3 N–H and O–H groups in total. The molecule has 0 aliphatic rings. The summed E-state index contributed by atoms with van der Waals surface area (Å²) in [5, 5.41) is 13.1. The number of amides is 1. The molecule has 0 atom stereocenters. The van der Waals surface area contributed by atoms with Crippen LogP contribution in [0, 0.1) is 6.92 Å². The van der Waals surface area contributed by atoms with Crippen LogP contribution in [0.5, 0.6) is 0 Å². The molecule has 0 radical (unpaired) electrons. The van der Waals surface area contributed by atoms with Crippen molar-refractivity contribution in [1.82, 2.24) is 20.8 Å². The van der Waals surface area contributed by atoms with Gasteiger partial charge in [-0.1, -0.05) is 12.1 Å². The summed E-state index contributed by atoms with van der Waals surface area (Å²) >= 11 is 0. The molecule has 6 heteroatoms. The van der Waals surface area contributed by atoms with Gasteiger partial charge in [-0.2, -0.15) is 5.10 Å². The number of nitrogens with one attached hydrogen (secondary N) is 3. The monoisotopic (exact) mass is 324 g/mol. The number of furan rings is 1. The molecule has 3 rings (SSSR count). The molecular formula is C18H20N4O2. The molecule has 0 saturated carbocycles. The first-order valence-electron chi connectivity index (χ1n) is 7.78. The number of hydrogen-bond acceptors (Lipinski definition) is 4. The van der Waals surface area contributed by atoms with Gasteiger partial charge in [-0.15, -0.1) is 0 Å². The second-order valence-electron chi connectivity index (χ2n) is 5.56. The van der Waals surface area contributed by atoms with E-state index in [1.165, 1.54) is 0 Å². The summed E-state index contributed by atoms with van der Waals surface area (Å²) in [5.74, 6) is 1.58. The van der Waals surface area contributed by atoms with E-state index in [0.29, 0.717) is 18.7 Å². The molecule has 24 heavy (non-hydrogen) atoms. The highest BCUT2D eigenvalue weighted by Crippen LogP contribution is 2.23. The fourth-order valence-electron chi connectivity index (χ4n) is 2.49. The van der Waals surface area contributed by atoms with Crippen molar-refractivity contribution in [3.8, 4) is 11.5 Å². The summed E-state index contributed by atoms with van der Waals surface area (Å²) in [7, 11) is 1.63. The standard InChI is InChI=1S/C18H20N4O2/c1-12-3-8-16(24-12)17-15(11-21-22-17)10-20-9-13-4-6-14(7-5-13)18(23)19-2/h3-8,11,20H,9-10H2,1-2H3,(H,19,23)(H,21,22). The minimum absolute atomic E-state index is 0.0775. The van der Waals surface area contributed by atoms with E-state index in [4.69, 9.17) is 4.42 Å². The Balaban J connectivity index is 1.59. The molecule has 0 spiro atoms. The zero-order valence-electron chi connectivity index (χ0n) is 13.7. The predicted molar refractivity (Wildman–Crippen MR) is 91.4 cm³/mol. The maximum atomic E-state index is 11.5. The molecule has 3 aromatic rings. The van der Waals surface area contributed by atoms with Crippen LogP contribution in [-0.4, -0.2) is 23.2 Å². The van der Waals surface area contributed by atoms with E-state index in [-0.39, 0.29) is 5.91 Å². The second kappa shape index (κ2) is 7.14. The van der Waals surface area contributed by atoms with Gasteiger partial charge in [-0.3, -0.25) is 9.89 Å².